The second-order valence-electron chi connectivity index (χ2n) is 9.47. The van der Waals surface area contributed by atoms with Gasteiger partial charge in [-0.05, 0) is 37.9 Å². The molecule has 0 heterocycles. The molecule has 0 aliphatic carbocycles. The Hall–Kier alpha value is 0.310. The quantitative estimate of drug-likeness (QED) is 0.105. The van der Waals surface area contributed by atoms with Gasteiger partial charge in [0.1, 0.15) is 0 Å². The van der Waals surface area contributed by atoms with Crippen LogP contribution < -0.4 is 0 Å². The lowest BCUT2D eigenvalue weighted by molar-refractivity contribution is -0.890. The van der Waals surface area contributed by atoms with Gasteiger partial charge in [0, 0.05) is 0 Å². The second-order valence-corrected chi connectivity index (χ2v) is 9.92. The minimum Gasteiger partial charge on any atom is -0.328 e. The molecule has 27 heavy (non-hydrogen) atoms. The van der Waals surface area contributed by atoms with Gasteiger partial charge in [0.05, 0.1) is 27.2 Å². The molecule has 0 aliphatic heterocycles. The second kappa shape index (κ2) is 21.0. The number of quaternary nitrogens is 1. The van der Waals surface area contributed by atoms with Crippen molar-refractivity contribution in [2.75, 3.05) is 32.9 Å². The van der Waals surface area contributed by atoms with Crippen molar-refractivity contribution in [2.24, 2.45) is 0 Å². The molecule has 0 spiro atoms. The molecule has 0 fully saturated rings. The van der Waals surface area contributed by atoms with Crippen molar-refractivity contribution < 1.29 is 4.48 Å². The van der Waals surface area contributed by atoms with Gasteiger partial charge in [-0.25, -0.2) is 0 Å². The van der Waals surface area contributed by atoms with Crippen LogP contribution in [-0.4, -0.2) is 37.4 Å². The van der Waals surface area contributed by atoms with Crippen molar-refractivity contribution in [1.82, 2.24) is 0 Å². The Labute approximate surface area is 179 Å². The fraction of sp³-hybridized carbons (Fsp3) is 1.00. The van der Waals surface area contributed by atoms with E-state index in [-0.39, 0.29) is 0 Å². The number of thiol groups is 1. The minimum absolute atomic E-state index is 1.06. The van der Waals surface area contributed by atoms with Crippen LogP contribution in [0, 0.1) is 0 Å². The highest BCUT2D eigenvalue weighted by Gasteiger charge is 2.13. The summed E-state index contributed by atoms with van der Waals surface area (Å²) in [5.41, 5.74) is 0. The van der Waals surface area contributed by atoms with Gasteiger partial charge >= 0.3 is 0 Å². The summed E-state index contributed by atoms with van der Waals surface area (Å²) in [6.45, 7) is 5.05. The average molecular weight is 401 g/mol. The molecule has 0 radical (unpaired) electrons. The van der Waals surface area contributed by atoms with Crippen LogP contribution in [0.3, 0.4) is 0 Å². The highest BCUT2D eigenvalue weighted by molar-refractivity contribution is 7.80. The topological polar surface area (TPSA) is 0 Å². The molecule has 0 aromatic rings. The van der Waals surface area contributed by atoms with Crippen LogP contribution >= 0.6 is 12.6 Å². The summed E-state index contributed by atoms with van der Waals surface area (Å²) < 4.78 is 1.24. The standard InChI is InChI=1S/C25H53NS/c1-4-5-6-7-8-9-11-14-17-20-23-26(2,3)24-21-18-15-12-10-13-16-19-22-25-27/h4-25H2,1-3H3/p+1. The average Bonchev–Trinajstić information content (AvgIpc) is 2.64. The Morgan fingerprint density at radius 1 is 0.444 bits per heavy atom. The Morgan fingerprint density at radius 2 is 0.741 bits per heavy atom. The first-order valence-electron chi connectivity index (χ1n) is 12.6. The molecule has 0 aromatic carbocycles. The molecule has 0 amide bonds. The molecule has 0 aliphatic rings. The molecule has 0 bridgehead atoms. The maximum Gasteiger partial charge on any atom is 0.0782 e. The molecular formula is C25H54NS+. The number of nitrogens with zero attached hydrogens (tertiary/aromatic N) is 1. The lowest BCUT2D eigenvalue weighted by Crippen LogP contribution is -2.41. The summed E-state index contributed by atoms with van der Waals surface area (Å²) in [6, 6.07) is 0. The van der Waals surface area contributed by atoms with Crippen molar-refractivity contribution in [3.63, 3.8) is 0 Å². The molecule has 0 unspecified atom stereocenters. The van der Waals surface area contributed by atoms with E-state index in [4.69, 9.17) is 0 Å². The molecule has 0 N–H and O–H groups in total. The van der Waals surface area contributed by atoms with Crippen LogP contribution in [0.2, 0.25) is 0 Å². The molecule has 2 heteroatoms. The number of hydrogen-bond acceptors (Lipinski definition) is 1. The van der Waals surface area contributed by atoms with E-state index in [1.54, 1.807) is 0 Å². The van der Waals surface area contributed by atoms with Crippen LogP contribution in [0.1, 0.15) is 129 Å². The predicted octanol–water partition coefficient (Wildman–Crippen LogP) is 8.42. The van der Waals surface area contributed by atoms with E-state index >= 15 is 0 Å². The summed E-state index contributed by atoms with van der Waals surface area (Å²) in [6.07, 6.45) is 27.2. The Kier molecular flexibility index (Phi) is 21.3. The molecule has 1 nitrogen and oxygen atoms in total. The van der Waals surface area contributed by atoms with E-state index in [1.165, 1.54) is 140 Å². The minimum atomic E-state index is 1.06. The number of rotatable bonds is 22. The van der Waals surface area contributed by atoms with E-state index < -0.39 is 0 Å². The normalized spacial score (nSPS) is 12.0. The van der Waals surface area contributed by atoms with Gasteiger partial charge in [0.15, 0.2) is 0 Å². The zero-order chi connectivity index (χ0) is 20.1. The van der Waals surface area contributed by atoms with E-state index in [9.17, 15) is 0 Å². The lowest BCUT2D eigenvalue weighted by atomic mass is 10.1. The lowest BCUT2D eigenvalue weighted by Gasteiger charge is -2.30. The van der Waals surface area contributed by atoms with Crippen molar-refractivity contribution in [1.29, 1.82) is 0 Å². The van der Waals surface area contributed by atoms with Gasteiger partial charge in [0.25, 0.3) is 0 Å². The Morgan fingerprint density at radius 3 is 1.07 bits per heavy atom. The van der Waals surface area contributed by atoms with E-state index in [1.807, 2.05) is 0 Å². The zero-order valence-corrected chi connectivity index (χ0v) is 20.3. The third-order valence-electron chi connectivity index (χ3n) is 6.04. The summed E-state index contributed by atoms with van der Waals surface area (Å²) in [7, 11) is 4.88. The van der Waals surface area contributed by atoms with Gasteiger partial charge in [-0.3, -0.25) is 0 Å². The highest BCUT2D eigenvalue weighted by atomic mass is 32.1. The number of unbranched alkanes of at least 4 members (excludes halogenated alkanes) is 17. The first kappa shape index (κ1) is 27.3. The van der Waals surface area contributed by atoms with Crippen LogP contribution in [-0.2, 0) is 0 Å². The van der Waals surface area contributed by atoms with Crippen LogP contribution in [0.25, 0.3) is 0 Å². The number of hydrogen-bond donors (Lipinski definition) is 1. The van der Waals surface area contributed by atoms with E-state index in [0.717, 1.165) is 5.75 Å². The molecule has 0 saturated heterocycles. The van der Waals surface area contributed by atoms with Crippen LogP contribution in [0.15, 0.2) is 0 Å². The van der Waals surface area contributed by atoms with E-state index in [2.05, 4.69) is 33.6 Å². The van der Waals surface area contributed by atoms with Crippen LogP contribution in [0.5, 0.6) is 0 Å². The van der Waals surface area contributed by atoms with Crippen molar-refractivity contribution in [2.45, 2.75) is 129 Å². The third-order valence-corrected chi connectivity index (χ3v) is 6.35. The molecule has 0 rings (SSSR count). The fourth-order valence-corrected chi connectivity index (χ4v) is 4.25. The summed E-state index contributed by atoms with van der Waals surface area (Å²) in [5.74, 6) is 1.06. The molecule has 0 saturated carbocycles. The zero-order valence-electron chi connectivity index (χ0n) is 19.5. The highest BCUT2D eigenvalue weighted by Crippen LogP contribution is 2.14. The van der Waals surface area contributed by atoms with Crippen LogP contribution in [0.4, 0.5) is 0 Å². The first-order chi connectivity index (χ1) is 13.1. The largest absolute Gasteiger partial charge is 0.328 e. The molecule has 0 atom stereocenters. The molecule has 0 aromatic heterocycles. The van der Waals surface area contributed by atoms with Gasteiger partial charge in [0.2, 0.25) is 0 Å². The maximum absolute atomic E-state index is 4.28. The monoisotopic (exact) mass is 400 g/mol. The fourth-order valence-electron chi connectivity index (χ4n) is 4.03. The maximum atomic E-state index is 4.28. The molecular weight excluding hydrogens is 346 g/mol. The smallest absolute Gasteiger partial charge is 0.0782 e. The Balaban J connectivity index is 3.31. The van der Waals surface area contributed by atoms with Gasteiger partial charge in [-0.15, -0.1) is 0 Å². The SMILES string of the molecule is CCCCCCCCCCCC[N+](C)(C)CCCCCCCCCCCS. The van der Waals surface area contributed by atoms with Crippen molar-refractivity contribution >= 4 is 12.6 Å². The van der Waals surface area contributed by atoms with Gasteiger partial charge < -0.3 is 4.48 Å². The van der Waals surface area contributed by atoms with Crippen molar-refractivity contribution in [3.05, 3.63) is 0 Å². The predicted molar refractivity (Wildman–Crippen MR) is 129 cm³/mol. The summed E-state index contributed by atoms with van der Waals surface area (Å²) in [4.78, 5) is 0. The summed E-state index contributed by atoms with van der Waals surface area (Å²) >= 11 is 4.28. The first-order valence-corrected chi connectivity index (χ1v) is 13.2. The third kappa shape index (κ3) is 22.5. The van der Waals surface area contributed by atoms with E-state index in [0.29, 0.717) is 0 Å². The Bertz CT molecular complexity index is 251. The summed E-state index contributed by atoms with van der Waals surface area (Å²) in [5, 5.41) is 0. The van der Waals surface area contributed by atoms with Crippen molar-refractivity contribution in [3.8, 4) is 0 Å². The molecule has 164 valence electrons. The van der Waals surface area contributed by atoms with Gasteiger partial charge in [-0.1, -0.05) is 96.8 Å². The van der Waals surface area contributed by atoms with Gasteiger partial charge in [-0.2, -0.15) is 12.6 Å².